The Morgan fingerprint density at radius 1 is 1.29 bits per heavy atom. The minimum atomic E-state index is -0.433. The molecule has 1 saturated carbocycles. The van der Waals surface area contributed by atoms with Crippen LogP contribution in [-0.4, -0.2) is 15.9 Å². The van der Waals surface area contributed by atoms with E-state index in [1.165, 1.54) is 12.1 Å². The van der Waals surface area contributed by atoms with Gasteiger partial charge >= 0.3 is 0 Å². The van der Waals surface area contributed by atoms with Crippen LogP contribution < -0.4 is 4.74 Å². The van der Waals surface area contributed by atoms with Gasteiger partial charge in [-0.2, -0.15) is 0 Å². The molecule has 0 radical (unpaired) electrons. The maximum absolute atomic E-state index is 10.7. The van der Waals surface area contributed by atoms with Gasteiger partial charge in [-0.25, -0.2) is 0 Å². The number of halogens is 3. The van der Waals surface area contributed by atoms with Crippen LogP contribution in [-0.2, 0) is 0 Å². The van der Waals surface area contributed by atoms with Gasteiger partial charge in [-0.15, -0.1) is 0 Å². The first-order valence-corrected chi connectivity index (χ1v) is 7.41. The molecule has 0 N–H and O–H groups in total. The first kappa shape index (κ1) is 13.3. The van der Waals surface area contributed by atoms with Gasteiger partial charge in [-0.3, -0.25) is 10.1 Å². The molecule has 1 aromatic carbocycles. The third-order valence-corrected chi connectivity index (χ3v) is 4.44. The van der Waals surface area contributed by atoms with E-state index >= 15 is 0 Å². The van der Waals surface area contributed by atoms with E-state index in [0.717, 1.165) is 12.8 Å². The van der Waals surface area contributed by atoms with Gasteiger partial charge in [-0.05, 0) is 44.7 Å². The fraction of sp³-hybridized carbons (Fsp3) is 0.400. The van der Waals surface area contributed by atoms with E-state index in [-0.39, 0.29) is 11.8 Å². The second-order valence-corrected chi connectivity index (χ2v) is 6.81. The second-order valence-electron chi connectivity index (χ2n) is 3.80. The molecule has 1 aliphatic rings. The predicted octanol–water partition coefficient (Wildman–Crippen LogP) is 4.42. The highest BCUT2D eigenvalue weighted by molar-refractivity contribution is 9.11. The van der Waals surface area contributed by atoms with E-state index in [1.807, 2.05) is 0 Å². The number of ether oxygens (including phenoxy) is 1. The van der Waals surface area contributed by atoms with Crippen molar-refractivity contribution in [3.8, 4) is 5.75 Å². The summed E-state index contributed by atoms with van der Waals surface area (Å²) in [6, 6.07) is 2.90. The van der Waals surface area contributed by atoms with Gasteiger partial charge in [0.2, 0.25) is 0 Å². The summed E-state index contributed by atoms with van der Waals surface area (Å²) < 4.78 is 6.96. The van der Waals surface area contributed by atoms with Gasteiger partial charge in [0.25, 0.3) is 5.69 Å². The van der Waals surface area contributed by atoms with Gasteiger partial charge in [0.15, 0.2) is 0 Å². The quantitative estimate of drug-likeness (QED) is 0.406. The molecule has 1 aromatic rings. The number of rotatable bonds is 3. The molecule has 0 atom stereocenters. The predicted molar refractivity (Wildman–Crippen MR) is 74.9 cm³/mol. The van der Waals surface area contributed by atoms with E-state index < -0.39 is 4.92 Å². The lowest BCUT2D eigenvalue weighted by atomic mass is 9.96. The van der Waals surface area contributed by atoms with Crippen LogP contribution in [0.25, 0.3) is 0 Å². The summed E-state index contributed by atoms with van der Waals surface area (Å²) in [4.78, 5) is 10.7. The van der Waals surface area contributed by atoms with Crippen molar-refractivity contribution in [1.29, 1.82) is 0 Å². The van der Waals surface area contributed by atoms with E-state index in [9.17, 15) is 10.1 Å². The molecule has 0 bridgehead atoms. The number of non-ortho nitro benzene ring substituents is 1. The molecule has 17 heavy (non-hydrogen) atoms. The first-order chi connectivity index (χ1) is 7.97. The van der Waals surface area contributed by atoms with Gasteiger partial charge in [0, 0.05) is 17.0 Å². The van der Waals surface area contributed by atoms with Crippen LogP contribution in [0.5, 0.6) is 5.75 Å². The van der Waals surface area contributed by atoms with Crippen molar-refractivity contribution in [2.24, 2.45) is 0 Å². The highest BCUT2D eigenvalue weighted by atomic mass is 79.9. The molecule has 7 heteroatoms. The van der Waals surface area contributed by atoms with Crippen molar-refractivity contribution >= 4 is 53.5 Å². The molecule has 0 amide bonds. The number of hydrogen-bond acceptors (Lipinski definition) is 3. The minimum Gasteiger partial charge on any atom is -0.488 e. The Labute approximate surface area is 123 Å². The summed E-state index contributed by atoms with van der Waals surface area (Å²) in [5.74, 6) is 0.625. The Hall–Kier alpha value is -0.140. The summed E-state index contributed by atoms with van der Waals surface area (Å²) in [6.07, 6.45) is 2.08. The largest absolute Gasteiger partial charge is 0.488 e. The van der Waals surface area contributed by atoms with Crippen LogP contribution in [0.3, 0.4) is 0 Å². The smallest absolute Gasteiger partial charge is 0.271 e. The molecule has 4 nitrogen and oxygen atoms in total. The van der Waals surface area contributed by atoms with Gasteiger partial charge in [0.05, 0.1) is 13.9 Å². The van der Waals surface area contributed by atoms with E-state index in [2.05, 4.69) is 47.8 Å². The molecule has 1 fully saturated rings. The average molecular weight is 430 g/mol. The highest BCUT2D eigenvalue weighted by Gasteiger charge is 2.30. The molecule has 92 valence electrons. The minimum absolute atomic E-state index is 0.0306. The first-order valence-electron chi connectivity index (χ1n) is 4.91. The molecule has 0 spiro atoms. The lowest BCUT2D eigenvalue weighted by Crippen LogP contribution is -2.34. The summed E-state index contributed by atoms with van der Waals surface area (Å²) >= 11 is 10.1. The number of benzene rings is 1. The van der Waals surface area contributed by atoms with Crippen molar-refractivity contribution in [3.05, 3.63) is 31.2 Å². The highest BCUT2D eigenvalue weighted by Crippen LogP contribution is 2.40. The van der Waals surface area contributed by atoms with Gasteiger partial charge in [0.1, 0.15) is 11.9 Å². The Bertz CT molecular complexity index is 437. The van der Waals surface area contributed by atoms with Crippen molar-refractivity contribution in [2.45, 2.75) is 23.8 Å². The molecule has 1 aliphatic carbocycles. The Morgan fingerprint density at radius 3 is 2.24 bits per heavy atom. The van der Waals surface area contributed by atoms with E-state index in [4.69, 9.17) is 4.74 Å². The van der Waals surface area contributed by atoms with Crippen molar-refractivity contribution in [1.82, 2.24) is 0 Å². The Morgan fingerprint density at radius 2 is 1.82 bits per heavy atom. The summed E-state index contributed by atoms with van der Waals surface area (Å²) in [6.45, 7) is 0. The zero-order chi connectivity index (χ0) is 12.6. The molecule has 2 rings (SSSR count). The summed E-state index contributed by atoms with van der Waals surface area (Å²) in [5.41, 5.74) is 0.0306. The average Bonchev–Trinajstić information content (AvgIpc) is 2.19. The zero-order valence-electron chi connectivity index (χ0n) is 8.53. The molecule has 0 aromatic heterocycles. The normalized spacial score (nSPS) is 23.0. The maximum atomic E-state index is 10.7. The second kappa shape index (κ2) is 5.24. The van der Waals surface area contributed by atoms with Crippen LogP contribution in [0.15, 0.2) is 21.1 Å². The van der Waals surface area contributed by atoms with E-state index in [1.54, 1.807) is 0 Å². The van der Waals surface area contributed by atoms with E-state index in [0.29, 0.717) is 19.5 Å². The molecule has 0 heterocycles. The third kappa shape index (κ3) is 3.00. The lowest BCUT2D eigenvalue weighted by molar-refractivity contribution is -0.385. The van der Waals surface area contributed by atoms with Gasteiger partial charge < -0.3 is 4.74 Å². The fourth-order valence-corrected chi connectivity index (χ4v) is 3.71. The van der Waals surface area contributed by atoms with Crippen LogP contribution in [0.2, 0.25) is 0 Å². The van der Waals surface area contributed by atoms with Crippen LogP contribution in [0.4, 0.5) is 5.69 Å². The summed E-state index contributed by atoms with van der Waals surface area (Å²) in [5, 5.41) is 10.7. The zero-order valence-corrected chi connectivity index (χ0v) is 13.3. The molecule has 0 unspecified atom stereocenters. The lowest BCUT2D eigenvalue weighted by Gasteiger charge is -2.32. The molecular formula is C10H8Br3NO3. The van der Waals surface area contributed by atoms with Crippen molar-refractivity contribution < 1.29 is 9.66 Å². The van der Waals surface area contributed by atoms with Crippen molar-refractivity contribution in [3.63, 3.8) is 0 Å². The fourth-order valence-electron chi connectivity index (χ4n) is 1.53. The van der Waals surface area contributed by atoms with Crippen LogP contribution >= 0.6 is 47.8 Å². The Kier molecular flexibility index (Phi) is 4.10. The standard InChI is InChI=1S/C10H8Br3NO3/c11-5-1-7(2-5)17-10-8(12)3-6(14(15)16)4-9(10)13/h3-5,7H,1-2H2. The number of nitro groups is 1. The van der Waals surface area contributed by atoms with Crippen LogP contribution in [0, 0.1) is 10.1 Å². The Balaban J connectivity index is 2.20. The topological polar surface area (TPSA) is 52.4 Å². The van der Waals surface area contributed by atoms with Crippen molar-refractivity contribution in [2.75, 3.05) is 0 Å². The van der Waals surface area contributed by atoms with Gasteiger partial charge in [-0.1, -0.05) is 15.9 Å². The molecular weight excluding hydrogens is 422 g/mol. The third-order valence-electron chi connectivity index (χ3n) is 2.52. The molecule has 0 aliphatic heterocycles. The monoisotopic (exact) mass is 427 g/mol. The SMILES string of the molecule is O=[N+]([O-])c1cc(Br)c(OC2CC(Br)C2)c(Br)c1. The number of hydrogen-bond donors (Lipinski definition) is 0. The number of nitrogens with zero attached hydrogens (tertiary/aromatic N) is 1. The molecule has 0 saturated heterocycles. The summed E-state index contributed by atoms with van der Waals surface area (Å²) in [7, 11) is 0. The number of alkyl halides is 1. The van der Waals surface area contributed by atoms with Crippen LogP contribution in [0.1, 0.15) is 12.8 Å². The maximum Gasteiger partial charge on any atom is 0.271 e. The number of nitro benzene ring substituents is 1.